The highest BCUT2D eigenvalue weighted by molar-refractivity contribution is 5.96. The van der Waals surface area contributed by atoms with Crippen LogP contribution in [0.3, 0.4) is 0 Å². The summed E-state index contributed by atoms with van der Waals surface area (Å²) < 4.78 is 5.05. The fourth-order valence-electron chi connectivity index (χ4n) is 1.20. The molecule has 0 saturated heterocycles. The number of carbonyl (C=O) groups is 1. The third kappa shape index (κ3) is 3.71. The van der Waals surface area contributed by atoms with E-state index >= 15 is 0 Å². The Morgan fingerprint density at radius 3 is 2.88 bits per heavy atom. The number of nitrogens with one attached hydrogen (secondary N) is 1. The summed E-state index contributed by atoms with van der Waals surface area (Å²) in [5.74, 6) is 0.206. The van der Waals surface area contributed by atoms with Gasteiger partial charge < -0.3 is 15.2 Å². The van der Waals surface area contributed by atoms with Crippen LogP contribution >= 0.6 is 0 Å². The second-order valence-corrected chi connectivity index (χ2v) is 4.58. The lowest BCUT2D eigenvalue weighted by Gasteiger charge is -2.22. The summed E-state index contributed by atoms with van der Waals surface area (Å²) in [5, 5.41) is 11.9. The zero-order chi connectivity index (χ0) is 12.9. The Labute approximate surface area is 101 Å². The van der Waals surface area contributed by atoms with Crippen molar-refractivity contribution in [2.24, 2.45) is 5.41 Å². The topological polar surface area (TPSA) is 71.5 Å². The van der Waals surface area contributed by atoms with Gasteiger partial charge in [-0.05, 0) is 6.07 Å². The summed E-state index contributed by atoms with van der Waals surface area (Å²) in [6.45, 7) is 4.16. The van der Waals surface area contributed by atoms with E-state index in [9.17, 15) is 4.79 Å². The van der Waals surface area contributed by atoms with E-state index in [0.29, 0.717) is 17.9 Å². The quantitative estimate of drug-likeness (QED) is 0.797. The third-order valence-corrected chi connectivity index (χ3v) is 2.40. The maximum atomic E-state index is 11.9. The number of rotatable bonds is 5. The van der Waals surface area contributed by atoms with Gasteiger partial charge in [-0.15, -0.1) is 0 Å². The molecule has 2 N–H and O–H groups in total. The first-order valence-electron chi connectivity index (χ1n) is 5.37. The van der Waals surface area contributed by atoms with Crippen LogP contribution in [0, 0.1) is 5.41 Å². The lowest BCUT2D eigenvalue weighted by atomic mass is 9.95. The number of amides is 1. The van der Waals surface area contributed by atoms with Crippen LogP contribution in [-0.2, 0) is 0 Å². The minimum absolute atomic E-state index is 0.0146. The molecule has 1 heterocycles. The SMILES string of the molecule is COc1cnccc1C(=O)NCC(C)(C)CO. The van der Waals surface area contributed by atoms with Gasteiger partial charge in [0.15, 0.2) is 0 Å². The predicted octanol–water partition coefficient (Wildman–Crippen LogP) is 0.838. The second-order valence-electron chi connectivity index (χ2n) is 4.58. The number of ether oxygens (including phenoxy) is 1. The maximum absolute atomic E-state index is 11.9. The zero-order valence-corrected chi connectivity index (χ0v) is 10.4. The number of hydrogen-bond donors (Lipinski definition) is 2. The molecule has 5 heteroatoms. The van der Waals surface area contributed by atoms with E-state index in [-0.39, 0.29) is 17.9 Å². The molecule has 17 heavy (non-hydrogen) atoms. The zero-order valence-electron chi connectivity index (χ0n) is 10.4. The van der Waals surface area contributed by atoms with Gasteiger partial charge in [-0.3, -0.25) is 9.78 Å². The minimum atomic E-state index is -0.337. The predicted molar refractivity (Wildman–Crippen MR) is 64.0 cm³/mol. The summed E-state index contributed by atoms with van der Waals surface area (Å²) in [6, 6.07) is 1.60. The maximum Gasteiger partial charge on any atom is 0.255 e. The largest absolute Gasteiger partial charge is 0.494 e. The number of aliphatic hydroxyl groups is 1. The first-order chi connectivity index (χ1) is 8.00. The van der Waals surface area contributed by atoms with Gasteiger partial charge in [0.05, 0.1) is 18.9 Å². The monoisotopic (exact) mass is 238 g/mol. The molecule has 1 aromatic heterocycles. The standard InChI is InChI=1S/C12H18N2O3/c1-12(2,8-15)7-14-11(16)9-4-5-13-6-10(9)17-3/h4-6,15H,7-8H2,1-3H3,(H,14,16). The number of hydrogen-bond acceptors (Lipinski definition) is 4. The van der Waals surface area contributed by atoms with Crippen LogP contribution in [0.15, 0.2) is 18.5 Å². The van der Waals surface area contributed by atoms with Crippen molar-refractivity contribution in [2.45, 2.75) is 13.8 Å². The van der Waals surface area contributed by atoms with Crippen LogP contribution in [-0.4, -0.2) is 36.3 Å². The highest BCUT2D eigenvalue weighted by Crippen LogP contribution is 2.16. The summed E-state index contributed by atoms with van der Waals surface area (Å²) in [6.07, 6.45) is 3.03. The van der Waals surface area contributed by atoms with Crippen molar-refractivity contribution in [2.75, 3.05) is 20.3 Å². The van der Waals surface area contributed by atoms with Gasteiger partial charge in [0.2, 0.25) is 0 Å². The molecular formula is C12H18N2O3. The van der Waals surface area contributed by atoms with Crippen LogP contribution in [0.2, 0.25) is 0 Å². The van der Waals surface area contributed by atoms with Gasteiger partial charge in [0, 0.05) is 24.8 Å². The van der Waals surface area contributed by atoms with Gasteiger partial charge in [0.1, 0.15) is 5.75 Å². The van der Waals surface area contributed by atoms with E-state index in [1.807, 2.05) is 13.8 Å². The summed E-state index contributed by atoms with van der Waals surface area (Å²) in [4.78, 5) is 15.8. The fourth-order valence-corrected chi connectivity index (χ4v) is 1.20. The van der Waals surface area contributed by atoms with E-state index in [2.05, 4.69) is 10.3 Å². The molecule has 0 aliphatic heterocycles. The Morgan fingerprint density at radius 1 is 1.59 bits per heavy atom. The second kappa shape index (κ2) is 5.63. The number of carbonyl (C=O) groups excluding carboxylic acids is 1. The first kappa shape index (κ1) is 13.4. The highest BCUT2D eigenvalue weighted by atomic mass is 16.5. The summed E-state index contributed by atoms with van der Waals surface area (Å²) >= 11 is 0. The smallest absolute Gasteiger partial charge is 0.255 e. The van der Waals surface area contributed by atoms with Crippen molar-refractivity contribution >= 4 is 5.91 Å². The van der Waals surface area contributed by atoms with E-state index in [0.717, 1.165) is 0 Å². The van der Waals surface area contributed by atoms with E-state index in [4.69, 9.17) is 9.84 Å². The Hall–Kier alpha value is -1.62. The Balaban J connectivity index is 2.70. The molecule has 0 atom stereocenters. The van der Waals surface area contributed by atoms with Crippen LogP contribution in [0.5, 0.6) is 5.75 Å². The van der Waals surface area contributed by atoms with Crippen LogP contribution in [0.4, 0.5) is 0 Å². The van der Waals surface area contributed by atoms with E-state index in [1.165, 1.54) is 19.5 Å². The van der Waals surface area contributed by atoms with Crippen LogP contribution < -0.4 is 10.1 Å². The third-order valence-electron chi connectivity index (χ3n) is 2.40. The van der Waals surface area contributed by atoms with Crippen molar-refractivity contribution in [3.05, 3.63) is 24.0 Å². The Morgan fingerprint density at radius 2 is 2.29 bits per heavy atom. The normalized spacial score (nSPS) is 11.1. The molecule has 94 valence electrons. The molecule has 0 unspecified atom stereocenters. The van der Waals surface area contributed by atoms with Gasteiger partial charge in [-0.2, -0.15) is 0 Å². The van der Waals surface area contributed by atoms with Gasteiger partial charge in [-0.25, -0.2) is 0 Å². The summed E-state index contributed by atoms with van der Waals surface area (Å²) in [5.41, 5.74) is 0.104. The van der Waals surface area contributed by atoms with Crippen molar-refractivity contribution in [3.8, 4) is 5.75 Å². The lowest BCUT2D eigenvalue weighted by Crippen LogP contribution is -2.36. The number of methoxy groups -OCH3 is 1. The van der Waals surface area contributed by atoms with Crippen molar-refractivity contribution < 1.29 is 14.6 Å². The van der Waals surface area contributed by atoms with E-state index < -0.39 is 0 Å². The molecule has 5 nitrogen and oxygen atoms in total. The van der Waals surface area contributed by atoms with Gasteiger partial charge >= 0.3 is 0 Å². The molecule has 0 saturated carbocycles. The number of nitrogens with zero attached hydrogens (tertiary/aromatic N) is 1. The molecule has 1 amide bonds. The van der Waals surface area contributed by atoms with Crippen molar-refractivity contribution in [1.82, 2.24) is 10.3 Å². The lowest BCUT2D eigenvalue weighted by molar-refractivity contribution is 0.0908. The minimum Gasteiger partial charge on any atom is -0.494 e. The number of aliphatic hydroxyl groups excluding tert-OH is 1. The summed E-state index contributed by atoms with van der Waals surface area (Å²) in [7, 11) is 1.49. The van der Waals surface area contributed by atoms with Crippen molar-refractivity contribution in [3.63, 3.8) is 0 Å². The molecule has 0 radical (unpaired) electrons. The molecule has 0 fully saturated rings. The molecule has 0 spiro atoms. The molecule has 0 bridgehead atoms. The van der Waals surface area contributed by atoms with Crippen LogP contribution in [0.1, 0.15) is 24.2 Å². The van der Waals surface area contributed by atoms with Crippen LogP contribution in [0.25, 0.3) is 0 Å². The van der Waals surface area contributed by atoms with Gasteiger partial charge in [0.25, 0.3) is 5.91 Å². The molecule has 0 aromatic carbocycles. The average Bonchev–Trinajstić information content (AvgIpc) is 2.36. The fraction of sp³-hybridized carbons (Fsp3) is 0.500. The average molecular weight is 238 g/mol. The van der Waals surface area contributed by atoms with E-state index in [1.54, 1.807) is 6.07 Å². The van der Waals surface area contributed by atoms with Crippen molar-refractivity contribution in [1.29, 1.82) is 0 Å². The molecule has 1 aromatic rings. The first-order valence-corrected chi connectivity index (χ1v) is 5.37. The number of pyridine rings is 1. The molecule has 0 aliphatic rings. The Kier molecular flexibility index (Phi) is 4.45. The number of aromatic nitrogens is 1. The molecule has 0 aliphatic carbocycles. The Bertz CT molecular complexity index is 391. The molecular weight excluding hydrogens is 220 g/mol. The highest BCUT2D eigenvalue weighted by Gasteiger charge is 2.19. The molecule has 1 rings (SSSR count). The van der Waals surface area contributed by atoms with Gasteiger partial charge in [-0.1, -0.05) is 13.8 Å².